The minimum atomic E-state index is -0.737. The molecule has 1 rings (SSSR count). The maximum absolute atomic E-state index is 10.6. The van der Waals surface area contributed by atoms with Crippen LogP contribution in [0.25, 0.3) is 0 Å². The van der Waals surface area contributed by atoms with E-state index in [1.165, 1.54) is 5.94 Å². The van der Waals surface area contributed by atoms with Gasteiger partial charge in [0.1, 0.15) is 5.94 Å². The molecule has 0 saturated heterocycles. The van der Waals surface area contributed by atoms with E-state index in [9.17, 15) is 9.59 Å². The van der Waals surface area contributed by atoms with Gasteiger partial charge < -0.3 is 0 Å². The second-order valence-corrected chi connectivity index (χ2v) is 2.86. The molecule has 0 aromatic heterocycles. The summed E-state index contributed by atoms with van der Waals surface area (Å²) < 4.78 is 0. The molecule has 0 spiro atoms. The first kappa shape index (κ1) is 9.72. The third-order valence-corrected chi connectivity index (χ3v) is 1.81. The fourth-order valence-corrected chi connectivity index (χ4v) is 1.05. The van der Waals surface area contributed by atoms with Gasteiger partial charge in [0.15, 0.2) is 0 Å². The largest absolute Gasteiger partial charge is 0.275 e. The Kier molecular flexibility index (Phi) is 3.44. The van der Waals surface area contributed by atoms with Crippen molar-refractivity contribution >= 4 is 22.8 Å². The summed E-state index contributed by atoms with van der Waals surface area (Å²) >= 11 is 5.16. The molecule has 0 fully saturated rings. The average Bonchev–Trinajstić information content (AvgIpc) is 2.15. The fraction of sp³-hybridized carbons (Fsp3) is 0.100. The minimum Gasteiger partial charge on any atom is -0.275 e. The molecule has 0 aliphatic heterocycles. The lowest BCUT2D eigenvalue weighted by Gasteiger charge is -1.97. The zero-order valence-electron chi connectivity index (χ0n) is 6.79. The highest BCUT2D eigenvalue weighted by Gasteiger charge is 2.07. The van der Waals surface area contributed by atoms with Gasteiger partial charge in [-0.3, -0.25) is 4.79 Å². The van der Waals surface area contributed by atoms with Crippen LogP contribution in [-0.2, 0) is 16.0 Å². The molecule has 0 aliphatic rings. The molecule has 13 heavy (non-hydrogen) atoms. The average molecular weight is 195 g/mol. The summed E-state index contributed by atoms with van der Waals surface area (Å²) in [5, 5.41) is -0.737. The Bertz CT molecular complexity index is 350. The van der Waals surface area contributed by atoms with Gasteiger partial charge in [0, 0.05) is 6.42 Å². The molecule has 0 N–H and O–H groups in total. The molecule has 0 atom stereocenters. The highest BCUT2D eigenvalue weighted by molar-refractivity contribution is 6.68. The van der Waals surface area contributed by atoms with Gasteiger partial charge in [0.25, 0.3) is 5.24 Å². The summed E-state index contributed by atoms with van der Waals surface area (Å²) in [6.45, 7) is 0. The molecule has 66 valence electrons. The number of carbonyl (C=O) groups excluding carboxylic acids is 2. The van der Waals surface area contributed by atoms with E-state index < -0.39 is 5.24 Å². The van der Waals surface area contributed by atoms with Gasteiger partial charge in [-0.15, -0.1) is 0 Å². The first-order valence-electron chi connectivity index (χ1n) is 3.72. The second kappa shape index (κ2) is 4.61. The Hall–Kier alpha value is -1.37. The SMILES string of the molecule is O=C=C(Cc1ccccc1)C(=O)Cl. The van der Waals surface area contributed by atoms with Crippen molar-refractivity contribution < 1.29 is 9.59 Å². The van der Waals surface area contributed by atoms with Crippen molar-refractivity contribution in [2.45, 2.75) is 6.42 Å². The van der Waals surface area contributed by atoms with Crippen LogP contribution >= 0.6 is 11.6 Å². The highest BCUT2D eigenvalue weighted by Crippen LogP contribution is 2.07. The molecule has 0 heterocycles. The van der Waals surface area contributed by atoms with Gasteiger partial charge in [-0.1, -0.05) is 30.3 Å². The number of hydrogen-bond acceptors (Lipinski definition) is 2. The van der Waals surface area contributed by atoms with Gasteiger partial charge in [0.05, 0.1) is 5.57 Å². The van der Waals surface area contributed by atoms with E-state index in [4.69, 9.17) is 11.6 Å². The number of rotatable bonds is 3. The molecule has 0 amide bonds. The third-order valence-electron chi connectivity index (χ3n) is 1.58. The van der Waals surface area contributed by atoms with E-state index in [1.807, 2.05) is 30.3 Å². The van der Waals surface area contributed by atoms with Gasteiger partial charge in [-0.05, 0) is 17.2 Å². The van der Waals surface area contributed by atoms with Crippen molar-refractivity contribution in [1.29, 1.82) is 0 Å². The Morgan fingerprint density at radius 1 is 1.31 bits per heavy atom. The number of benzene rings is 1. The van der Waals surface area contributed by atoms with E-state index in [-0.39, 0.29) is 12.0 Å². The molecule has 1 aromatic rings. The maximum atomic E-state index is 10.6. The van der Waals surface area contributed by atoms with Crippen LogP contribution in [0.15, 0.2) is 35.9 Å². The summed E-state index contributed by atoms with van der Waals surface area (Å²) in [7, 11) is 0. The Morgan fingerprint density at radius 2 is 1.92 bits per heavy atom. The van der Waals surface area contributed by atoms with Gasteiger partial charge in [-0.2, -0.15) is 0 Å². The lowest BCUT2D eigenvalue weighted by Crippen LogP contribution is -1.98. The normalized spacial score (nSPS) is 9.00. The van der Waals surface area contributed by atoms with E-state index in [1.54, 1.807) is 0 Å². The van der Waals surface area contributed by atoms with Crippen molar-refractivity contribution in [3.63, 3.8) is 0 Å². The van der Waals surface area contributed by atoms with E-state index in [2.05, 4.69) is 0 Å². The molecule has 0 unspecified atom stereocenters. The van der Waals surface area contributed by atoms with E-state index >= 15 is 0 Å². The van der Waals surface area contributed by atoms with Crippen molar-refractivity contribution in [3.8, 4) is 0 Å². The topological polar surface area (TPSA) is 34.1 Å². The quantitative estimate of drug-likeness (QED) is 0.417. The van der Waals surface area contributed by atoms with Crippen LogP contribution < -0.4 is 0 Å². The second-order valence-electron chi connectivity index (χ2n) is 2.52. The number of halogens is 1. The molecule has 0 bridgehead atoms. The molecule has 0 aliphatic carbocycles. The van der Waals surface area contributed by atoms with Crippen LogP contribution in [0.5, 0.6) is 0 Å². The van der Waals surface area contributed by atoms with Crippen molar-refractivity contribution in [1.82, 2.24) is 0 Å². The monoisotopic (exact) mass is 194 g/mol. The van der Waals surface area contributed by atoms with E-state index in [0.29, 0.717) is 0 Å². The Balaban J connectivity index is 2.80. The van der Waals surface area contributed by atoms with Crippen LogP contribution in [-0.4, -0.2) is 11.2 Å². The summed E-state index contributed by atoms with van der Waals surface area (Å²) in [4.78, 5) is 20.9. The highest BCUT2D eigenvalue weighted by atomic mass is 35.5. The lowest BCUT2D eigenvalue weighted by molar-refractivity contribution is -0.108. The zero-order chi connectivity index (χ0) is 9.68. The summed E-state index contributed by atoms with van der Waals surface area (Å²) in [5.74, 6) is 1.54. The van der Waals surface area contributed by atoms with Crippen LogP contribution in [0.4, 0.5) is 0 Å². The van der Waals surface area contributed by atoms with Gasteiger partial charge in [-0.25, -0.2) is 4.79 Å². The van der Waals surface area contributed by atoms with Crippen LogP contribution in [0.1, 0.15) is 5.56 Å². The summed E-state index contributed by atoms with van der Waals surface area (Å²) in [6.07, 6.45) is 0.243. The van der Waals surface area contributed by atoms with Crippen LogP contribution in [0, 0.1) is 0 Å². The molecule has 1 aromatic carbocycles. The third kappa shape index (κ3) is 2.86. The molecule has 0 radical (unpaired) electrons. The first-order chi connectivity index (χ1) is 6.24. The predicted molar refractivity (Wildman–Crippen MR) is 50.2 cm³/mol. The zero-order valence-corrected chi connectivity index (χ0v) is 7.54. The van der Waals surface area contributed by atoms with Crippen molar-refractivity contribution in [2.75, 3.05) is 0 Å². The predicted octanol–water partition coefficient (Wildman–Crippen LogP) is 1.75. The molecule has 3 heteroatoms. The molecular weight excluding hydrogens is 188 g/mol. The van der Waals surface area contributed by atoms with Gasteiger partial charge in [0.2, 0.25) is 0 Å². The minimum absolute atomic E-state index is 0.0344. The number of hydrogen-bond donors (Lipinski definition) is 0. The van der Waals surface area contributed by atoms with Crippen molar-refractivity contribution in [2.24, 2.45) is 0 Å². The Labute approximate surface area is 80.8 Å². The first-order valence-corrected chi connectivity index (χ1v) is 4.09. The van der Waals surface area contributed by atoms with Crippen LogP contribution in [0.2, 0.25) is 0 Å². The standard InChI is InChI=1S/C10H7ClO2/c11-10(13)9(7-12)6-8-4-2-1-3-5-8/h1-5H,6H2. The van der Waals surface area contributed by atoms with Crippen LogP contribution in [0.3, 0.4) is 0 Å². The smallest absolute Gasteiger partial charge is 0.259 e. The molecule has 0 saturated carbocycles. The Morgan fingerprint density at radius 3 is 2.38 bits per heavy atom. The van der Waals surface area contributed by atoms with Crippen molar-refractivity contribution in [3.05, 3.63) is 41.5 Å². The maximum Gasteiger partial charge on any atom is 0.259 e. The van der Waals surface area contributed by atoms with Gasteiger partial charge >= 0.3 is 0 Å². The number of allylic oxidation sites excluding steroid dienone is 1. The molecular formula is C10H7ClO2. The number of carbonyl (C=O) groups is 1. The molecule has 2 nitrogen and oxygen atoms in total. The van der Waals surface area contributed by atoms with E-state index in [0.717, 1.165) is 5.56 Å². The fourth-order valence-electron chi connectivity index (χ4n) is 0.946. The lowest BCUT2D eigenvalue weighted by atomic mass is 10.1. The summed E-state index contributed by atoms with van der Waals surface area (Å²) in [5.41, 5.74) is 0.836. The summed E-state index contributed by atoms with van der Waals surface area (Å²) in [6, 6.07) is 9.15.